The number of nitriles is 1. The molecule has 0 unspecified atom stereocenters. The number of carbonyl (C=O) groups excluding carboxylic acids is 1. The first-order valence-electron chi connectivity index (χ1n) is 4.19. The Kier molecular flexibility index (Phi) is 3.51. The average molecular weight is 229 g/mol. The van der Waals surface area contributed by atoms with Crippen molar-refractivity contribution in [2.75, 3.05) is 0 Å². The minimum atomic E-state index is -4.86. The highest BCUT2D eigenvalue weighted by Gasteiger charge is 2.32. The molecule has 0 radical (unpaired) electrons. The summed E-state index contributed by atoms with van der Waals surface area (Å²) in [5.74, 6) is -1.29. The maximum Gasteiger partial charge on any atom is 0.573 e. The summed E-state index contributed by atoms with van der Waals surface area (Å²) in [5.41, 5.74) is -0.249. The van der Waals surface area contributed by atoms with E-state index in [1.54, 1.807) is 6.07 Å². The van der Waals surface area contributed by atoms with Gasteiger partial charge in [0.15, 0.2) is 5.78 Å². The standard InChI is InChI=1S/C10H6F3NO2/c11-10(12,13)16-9-4-2-1-3-7(9)8(15)5-6-14/h1-4H,5H2. The van der Waals surface area contributed by atoms with E-state index in [1.165, 1.54) is 18.2 Å². The normalized spacial score (nSPS) is 10.6. The van der Waals surface area contributed by atoms with Crippen molar-refractivity contribution < 1.29 is 22.7 Å². The maximum atomic E-state index is 12.0. The summed E-state index contributed by atoms with van der Waals surface area (Å²) in [4.78, 5) is 11.3. The lowest BCUT2D eigenvalue weighted by Crippen LogP contribution is -2.19. The van der Waals surface area contributed by atoms with Gasteiger partial charge in [-0.2, -0.15) is 5.26 Å². The summed E-state index contributed by atoms with van der Waals surface area (Å²) >= 11 is 0. The Morgan fingerprint density at radius 2 is 2.00 bits per heavy atom. The molecule has 0 saturated heterocycles. The summed E-state index contributed by atoms with van der Waals surface area (Å²) in [6.07, 6.45) is -5.35. The Morgan fingerprint density at radius 3 is 2.56 bits per heavy atom. The van der Waals surface area contributed by atoms with E-state index in [0.717, 1.165) is 6.07 Å². The third-order valence-corrected chi connectivity index (χ3v) is 1.65. The Morgan fingerprint density at radius 1 is 1.38 bits per heavy atom. The predicted octanol–water partition coefficient (Wildman–Crippen LogP) is 2.68. The van der Waals surface area contributed by atoms with Gasteiger partial charge in [-0.25, -0.2) is 0 Å². The second kappa shape index (κ2) is 4.66. The summed E-state index contributed by atoms with van der Waals surface area (Å²) in [7, 11) is 0. The molecule has 0 saturated carbocycles. The molecule has 0 aliphatic rings. The molecule has 0 aliphatic heterocycles. The molecule has 0 aliphatic carbocycles. The fourth-order valence-corrected chi connectivity index (χ4v) is 1.08. The van der Waals surface area contributed by atoms with Gasteiger partial charge in [-0.3, -0.25) is 4.79 Å². The highest BCUT2D eigenvalue weighted by molar-refractivity contribution is 5.99. The minimum Gasteiger partial charge on any atom is -0.405 e. The summed E-state index contributed by atoms with van der Waals surface area (Å²) in [6.45, 7) is 0. The smallest absolute Gasteiger partial charge is 0.405 e. The quantitative estimate of drug-likeness (QED) is 0.748. The maximum absolute atomic E-state index is 12.0. The number of hydrogen-bond donors (Lipinski definition) is 0. The van der Waals surface area contributed by atoms with Crippen LogP contribution in [-0.2, 0) is 0 Å². The molecule has 3 nitrogen and oxygen atoms in total. The number of para-hydroxylation sites is 1. The molecule has 0 amide bonds. The van der Waals surface area contributed by atoms with Crippen LogP contribution in [0.3, 0.4) is 0 Å². The monoisotopic (exact) mass is 229 g/mol. The predicted molar refractivity (Wildman–Crippen MR) is 47.7 cm³/mol. The molecule has 1 aromatic rings. The molecule has 0 aromatic heterocycles. The number of ether oxygens (including phenoxy) is 1. The highest BCUT2D eigenvalue weighted by atomic mass is 19.4. The fourth-order valence-electron chi connectivity index (χ4n) is 1.08. The number of carbonyl (C=O) groups is 1. The molecular formula is C10H6F3NO2. The minimum absolute atomic E-state index is 0.249. The van der Waals surface area contributed by atoms with E-state index in [2.05, 4.69) is 4.74 Å². The number of alkyl halides is 3. The van der Waals surface area contributed by atoms with Crippen molar-refractivity contribution in [2.24, 2.45) is 0 Å². The first-order chi connectivity index (χ1) is 7.44. The zero-order valence-corrected chi connectivity index (χ0v) is 7.91. The zero-order valence-electron chi connectivity index (χ0n) is 7.91. The molecule has 1 aromatic carbocycles. The van der Waals surface area contributed by atoms with Gasteiger partial charge in [0, 0.05) is 0 Å². The number of benzene rings is 1. The lowest BCUT2D eigenvalue weighted by molar-refractivity contribution is -0.274. The number of hydrogen-bond acceptors (Lipinski definition) is 3. The largest absolute Gasteiger partial charge is 0.573 e. The van der Waals surface area contributed by atoms with Crippen LogP contribution in [0.5, 0.6) is 5.75 Å². The molecule has 0 spiro atoms. The van der Waals surface area contributed by atoms with E-state index in [0.29, 0.717) is 0 Å². The molecule has 0 bridgehead atoms. The van der Waals surface area contributed by atoms with Gasteiger partial charge in [-0.15, -0.1) is 13.2 Å². The molecule has 1 rings (SSSR count). The van der Waals surface area contributed by atoms with Crippen LogP contribution in [0.25, 0.3) is 0 Å². The van der Waals surface area contributed by atoms with Crippen LogP contribution in [0.4, 0.5) is 13.2 Å². The number of rotatable bonds is 3. The van der Waals surface area contributed by atoms with Crippen molar-refractivity contribution >= 4 is 5.78 Å². The van der Waals surface area contributed by atoms with Crippen molar-refractivity contribution in [1.82, 2.24) is 0 Å². The van der Waals surface area contributed by atoms with Crippen molar-refractivity contribution in [2.45, 2.75) is 12.8 Å². The van der Waals surface area contributed by atoms with Crippen LogP contribution in [0.2, 0.25) is 0 Å². The summed E-state index contributed by atoms with van der Waals surface area (Å²) in [5, 5.41) is 8.29. The first-order valence-corrected chi connectivity index (χ1v) is 4.19. The summed E-state index contributed by atoms with van der Waals surface area (Å²) in [6, 6.07) is 6.48. The van der Waals surface area contributed by atoms with Gasteiger partial charge < -0.3 is 4.74 Å². The Labute approximate surface area is 89.1 Å². The van der Waals surface area contributed by atoms with E-state index in [9.17, 15) is 18.0 Å². The van der Waals surface area contributed by atoms with Gasteiger partial charge >= 0.3 is 6.36 Å². The second-order valence-corrected chi connectivity index (χ2v) is 2.80. The third kappa shape index (κ3) is 3.28. The number of nitrogens with zero attached hydrogens (tertiary/aromatic N) is 1. The van der Waals surface area contributed by atoms with Gasteiger partial charge in [0.05, 0.1) is 18.1 Å². The van der Waals surface area contributed by atoms with Crippen LogP contribution in [0.15, 0.2) is 24.3 Å². The van der Waals surface area contributed by atoms with Crippen molar-refractivity contribution in [1.29, 1.82) is 5.26 Å². The number of Topliss-reactive ketones (excluding diaryl/α,β-unsaturated/α-hetero) is 1. The van der Waals surface area contributed by atoms with Gasteiger partial charge in [0.1, 0.15) is 5.75 Å². The van der Waals surface area contributed by atoms with Gasteiger partial charge in [0.25, 0.3) is 0 Å². The van der Waals surface area contributed by atoms with Crippen LogP contribution in [0, 0.1) is 11.3 Å². The topological polar surface area (TPSA) is 50.1 Å². The fraction of sp³-hybridized carbons (Fsp3) is 0.200. The molecule has 16 heavy (non-hydrogen) atoms. The van der Waals surface area contributed by atoms with E-state index in [1.807, 2.05) is 0 Å². The SMILES string of the molecule is N#CCC(=O)c1ccccc1OC(F)(F)F. The lowest BCUT2D eigenvalue weighted by atomic mass is 10.1. The highest BCUT2D eigenvalue weighted by Crippen LogP contribution is 2.26. The molecule has 0 N–H and O–H groups in total. The molecular weight excluding hydrogens is 223 g/mol. The van der Waals surface area contributed by atoms with E-state index in [4.69, 9.17) is 5.26 Å². The zero-order chi connectivity index (χ0) is 12.2. The van der Waals surface area contributed by atoms with Crippen LogP contribution in [0.1, 0.15) is 16.8 Å². The van der Waals surface area contributed by atoms with Crippen molar-refractivity contribution in [3.05, 3.63) is 29.8 Å². The number of ketones is 1. The van der Waals surface area contributed by atoms with E-state index < -0.39 is 24.3 Å². The molecule has 0 atom stereocenters. The first kappa shape index (κ1) is 12.0. The van der Waals surface area contributed by atoms with Gasteiger partial charge in [-0.05, 0) is 12.1 Å². The molecule has 0 fully saturated rings. The molecule has 84 valence electrons. The van der Waals surface area contributed by atoms with E-state index in [-0.39, 0.29) is 5.56 Å². The van der Waals surface area contributed by atoms with Crippen molar-refractivity contribution in [3.8, 4) is 11.8 Å². The Bertz CT molecular complexity index is 434. The Balaban J connectivity index is 3.02. The van der Waals surface area contributed by atoms with Crippen molar-refractivity contribution in [3.63, 3.8) is 0 Å². The molecule has 0 heterocycles. The van der Waals surface area contributed by atoms with Crippen LogP contribution in [-0.4, -0.2) is 12.1 Å². The summed E-state index contributed by atoms with van der Waals surface area (Å²) < 4.78 is 39.6. The lowest BCUT2D eigenvalue weighted by Gasteiger charge is -2.11. The van der Waals surface area contributed by atoms with Gasteiger partial charge in [-0.1, -0.05) is 12.1 Å². The van der Waals surface area contributed by atoms with Crippen LogP contribution < -0.4 is 4.74 Å². The molecule has 6 heteroatoms. The van der Waals surface area contributed by atoms with E-state index >= 15 is 0 Å². The second-order valence-electron chi connectivity index (χ2n) is 2.80. The van der Waals surface area contributed by atoms with Gasteiger partial charge in [0.2, 0.25) is 0 Å². The van der Waals surface area contributed by atoms with Crippen LogP contribution >= 0.6 is 0 Å². The number of halogens is 3. The average Bonchev–Trinajstić information content (AvgIpc) is 2.16. The Hall–Kier alpha value is -2.03. The third-order valence-electron chi connectivity index (χ3n) is 1.65.